The number of thiophene rings is 1. The van der Waals surface area contributed by atoms with Gasteiger partial charge in [-0.2, -0.15) is 5.10 Å². The maximum atomic E-state index is 13.2. The summed E-state index contributed by atoms with van der Waals surface area (Å²) >= 11 is 3.06. The number of carbonyl (C=O) groups excluding carboxylic acids is 1. The molecule has 8 heteroatoms. The van der Waals surface area contributed by atoms with E-state index >= 15 is 0 Å². The van der Waals surface area contributed by atoms with Crippen LogP contribution in [0, 0.1) is 6.92 Å². The van der Waals surface area contributed by atoms with Gasteiger partial charge in [0.05, 0.1) is 18.1 Å². The van der Waals surface area contributed by atoms with E-state index in [2.05, 4.69) is 29.1 Å². The summed E-state index contributed by atoms with van der Waals surface area (Å²) in [5.41, 5.74) is 3.00. The molecular weight excluding hydrogens is 428 g/mol. The molecule has 0 radical (unpaired) electrons. The fraction of sp³-hybridized carbons (Fsp3) is 0.174. The molecule has 0 aliphatic carbocycles. The second-order valence-corrected chi connectivity index (χ2v) is 9.13. The SMILES string of the molecule is Cc1cccc(-n2ccnc2SCC(=O)N2N=C(c3ccco3)CC2c2cccs2)c1. The molecule has 0 spiro atoms. The molecule has 1 aromatic carbocycles. The van der Waals surface area contributed by atoms with Gasteiger partial charge >= 0.3 is 0 Å². The van der Waals surface area contributed by atoms with Crippen molar-refractivity contribution >= 4 is 34.7 Å². The molecular formula is C23H20N4O2S2. The monoisotopic (exact) mass is 448 g/mol. The molecule has 0 bridgehead atoms. The zero-order chi connectivity index (χ0) is 21.2. The number of aryl methyl sites for hydroxylation is 1. The molecule has 0 fully saturated rings. The Morgan fingerprint density at radius 2 is 2.19 bits per heavy atom. The van der Waals surface area contributed by atoms with Crippen molar-refractivity contribution in [1.82, 2.24) is 14.6 Å². The van der Waals surface area contributed by atoms with Gasteiger partial charge in [0.25, 0.3) is 5.91 Å². The van der Waals surface area contributed by atoms with E-state index in [-0.39, 0.29) is 17.7 Å². The number of nitrogens with zero attached hydrogens (tertiary/aromatic N) is 4. The predicted octanol–water partition coefficient (Wildman–Crippen LogP) is 5.31. The third-order valence-electron chi connectivity index (χ3n) is 5.05. The molecule has 4 aromatic rings. The smallest absolute Gasteiger partial charge is 0.253 e. The molecule has 1 aliphatic heterocycles. The molecule has 1 unspecified atom stereocenters. The molecule has 0 saturated carbocycles. The summed E-state index contributed by atoms with van der Waals surface area (Å²) in [4.78, 5) is 18.8. The van der Waals surface area contributed by atoms with Crippen molar-refractivity contribution in [1.29, 1.82) is 0 Å². The minimum atomic E-state index is -0.107. The Bertz CT molecular complexity index is 1210. The Labute approximate surface area is 188 Å². The van der Waals surface area contributed by atoms with Crippen LogP contribution in [0.2, 0.25) is 0 Å². The first-order valence-corrected chi connectivity index (χ1v) is 11.8. The molecule has 156 valence electrons. The summed E-state index contributed by atoms with van der Waals surface area (Å²) in [6, 6.07) is 15.9. The summed E-state index contributed by atoms with van der Waals surface area (Å²) in [6.07, 6.45) is 5.94. The van der Waals surface area contributed by atoms with Gasteiger partial charge in [-0.25, -0.2) is 9.99 Å². The first-order chi connectivity index (χ1) is 15.2. The zero-order valence-electron chi connectivity index (χ0n) is 16.8. The van der Waals surface area contributed by atoms with Crippen molar-refractivity contribution in [2.45, 2.75) is 24.5 Å². The van der Waals surface area contributed by atoms with E-state index in [9.17, 15) is 4.79 Å². The van der Waals surface area contributed by atoms with Crippen LogP contribution in [0.1, 0.15) is 28.7 Å². The fourth-order valence-corrected chi connectivity index (χ4v) is 5.23. The van der Waals surface area contributed by atoms with Crippen LogP contribution in [0.5, 0.6) is 0 Å². The normalized spacial score (nSPS) is 16.0. The highest BCUT2D eigenvalue weighted by Crippen LogP contribution is 2.36. The Morgan fingerprint density at radius 3 is 2.97 bits per heavy atom. The van der Waals surface area contributed by atoms with Crippen molar-refractivity contribution in [2.24, 2.45) is 5.10 Å². The highest BCUT2D eigenvalue weighted by Gasteiger charge is 2.34. The number of benzene rings is 1. The van der Waals surface area contributed by atoms with Gasteiger partial charge in [-0.3, -0.25) is 9.36 Å². The number of hydrogen-bond acceptors (Lipinski definition) is 6. The number of carbonyl (C=O) groups is 1. The molecule has 3 aromatic heterocycles. The summed E-state index contributed by atoms with van der Waals surface area (Å²) < 4.78 is 7.52. The third-order valence-corrected chi connectivity index (χ3v) is 6.98. The minimum absolute atomic E-state index is 0.0521. The van der Waals surface area contributed by atoms with Crippen LogP contribution < -0.4 is 0 Å². The van der Waals surface area contributed by atoms with Gasteiger partial charge in [0.2, 0.25) is 0 Å². The van der Waals surface area contributed by atoms with Gasteiger partial charge in [0, 0.05) is 29.4 Å². The van der Waals surface area contributed by atoms with E-state index in [1.54, 1.807) is 28.8 Å². The van der Waals surface area contributed by atoms with E-state index in [0.717, 1.165) is 21.4 Å². The van der Waals surface area contributed by atoms with Crippen LogP contribution in [0.15, 0.2) is 87.2 Å². The lowest BCUT2D eigenvalue weighted by molar-refractivity contribution is -0.130. The summed E-state index contributed by atoms with van der Waals surface area (Å²) in [6.45, 7) is 2.06. The Kier molecular flexibility index (Phi) is 5.48. The Balaban J connectivity index is 1.35. The summed E-state index contributed by atoms with van der Waals surface area (Å²) in [7, 11) is 0. The number of furan rings is 1. The van der Waals surface area contributed by atoms with Crippen LogP contribution >= 0.6 is 23.1 Å². The van der Waals surface area contributed by atoms with Gasteiger partial charge < -0.3 is 4.42 Å². The van der Waals surface area contributed by atoms with Crippen LogP contribution in [0.4, 0.5) is 0 Å². The van der Waals surface area contributed by atoms with E-state index in [1.165, 1.54) is 17.3 Å². The molecule has 31 heavy (non-hydrogen) atoms. The van der Waals surface area contributed by atoms with Crippen LogP contribution in [0.25, 0.3) is 5.69 Å². The zero-order valence-corrected chi connectivity index (χ0v) is 18.5. The third kappa shape index (κ3) is 4.08. The largest absolute Gasteiger partial charge is 0.463 e. The maximum absolute atomic E-state index is 13.2. The molecule has 0 N–H and O–H groups in total. The highest BCUT2D eigenvalue weighted by molar-refractivity contribution is 7.99. The molecule has 0 saturated heterocycles. The summed E-state index contributed by atoms with van der Waals surface area (Å²) in [5.74, 6) is 0.905. The van der Waals surface area contributed by atoms with E-state index < -0.39 is 0 Å². The number of amides is 1. The van der Waals surface area contributed by atoms with Crippen molar-refractivity contribution < 1.29 is 9.21 Å². The van der Waals surface area contributed by atoms with Crippen molar-refractivity contribution in [3.63, 3.8) is 0 Å². The Hall–Kier alpha value is -3.10. The van der Waals surface area contributed by atoms with Crippen LogP contribution in [-0.4, -0.2) is 31.9 Å². The maximum Gasteiger partial charge on any atom is 0.253 e. The number of rotatable bonds is 6. The van der Waals surface area contributed by atoms with Crippen molar-refractivity contribution in [2.75, 3.05) is 5.75 Å². The topological polar surface area (TPSA) is 63.6 Å². The molecule has 5 rings (SSSR count). The minimum Gasteiger partial charge on any atom is -0.463 e. The second-order valence-electron chi connectivity index (χ2n) is 7.21. The molecule has 1 atom stereocenters. The first kappa shape index (κ1) is 19.8. The van der Waals surface area contributed by atoms with E-state index in [0.29, 0.717) is 12.2 Å². The van der Waals surface area contributed by atoms with E-state index in [1.807, 2.05) is 52.5 Å². The predicted molar refractivity (Wildman–Crippen MR) is 123 cm³/mol. The number of thioether (sulfide) groups is 1. The Morgan fingerprint density at radius 1 is 1.26 bits per heavy atom. The first-order valence-electron chi connectivity index (χ1n) is 9.89. The van der Waals surface area contributed by atoms with Gasteiger partial charge in [0.15, 0.2) is 5.16 Å². The van der Waals surface area contributed by atoms with Gasteiger partial charge in [0.1, 0.15) is 11.5 Å². The van der Waals surface area contributed by atoms with Crippen LogP contribution in [0.3, 0.4) is 0 Å². The van der Waals surface area contributed by atoms with Gasteiger partial charge in [-0.15, -0.1) is 11.3 Å². The quantitative estimate of drug-likeness (QED) is 0.375. The van der Waals surface area contributed by atoms with Crippen molar-refractivity contribution in [3.05, 3.63) is 88.8 Å². The lowest BCUT2D eigenvalue weighted by Gasteiger charge is -2.20. The summed E-state index contributed by atoms with van der Waals surface area (Å²) in [5, 5.41) is 9.04. The lowest BCUT2D eigenvalue weighted by atomic mass is 10.1. The van der Waals surface area contributed by atoms with Crippen molar-refractivity contribution in [3.8, 4) is 5.69 Å². The fourth-order valence-electron chi connectivity index (χ4n) is 3.60. The average Bonchev–Trinajstić information content (AvgIpc) is 3.56. The standard InChI is InChI=1S/C23H20N4O2S2/c1-16-5-2-6-17(13-16)26-10-9-24-23(26)31-15-22(28)27-19(21-8-4-12-30-21)14-18(25-27)20-7-3-11-29-20/h2-13,19H,14-15H2,1H3. The average molecular weight is 449 g/mol. The number of hydrazone groups is 1. The number of aromatic nitrogens is 2. The molecule has 6 nitrogen and oxygen atoms in total. The van der Waals surface area contributed by atoms with Gasteiger partial charge in [-0.1, -0.05) is 30.0 Å². The van der Waals surface area contributed by atoms with Crippen LogP contribution in [-0.2, 0) is 4.79 Å². The number of hydrogen-bond donors (Lipinski definition) is 0. The molecule has 1 amide bonds. The second kappa shape index (κ2) is 8.56. The number of imidazole rings is 1. The highest BCUT2D eigenvalue weighted by atomic mass is 32.2. The lowest BCUT2D eigenvalue weighted by Crippen LogP contribution is -2.28. The van der Waals surface area contributed by atoms with E-state index in [4.69, 9.17) is 4.42 Å². The molecule has 4 heterocycles. The molecule has 1 aliphatic rings. The van der Waals surface area contributed by atoms with Gasteiger partial charge in [-0.05, 0) is 48.2 Å².